The monoisotopic (exact) mass is 302 g/mol. The van der Waals surface area contributed by atoms with E-state index in [1.165, 1.54) is 0 Å². The average molecular weight is 303 g/mol. The van der Waals surface area contributed by atoms with Crippen LogP contribution in [0.1, 0.15) is 5.56 Å². The Kier molecular flexibility index (Phi) is 5.91. The zero-order valence-electron chi connectivity index (χ0n) is 10.2. The molecule has 1 unspecified atom stereocenters. The second-order valence-electron chi connectivity index (χ2n) is 4.01. The van der Waals surface area contributed by atoms with Gasteiger partial charge in [-0.05, 0) is 23.8 Å². The number of likely N-dealkylation sites (N-methyl/N-ethyl adjacent to an activating group) is 1. The molecule has 96 valence electrons. The van der Waals surface area contributed by atoms with Gasteiger partial charge in [0.1, 0.15) is 0 Å². The number of rotatable bonds is 6. The summed E-state index contributed by atoms with van der Waals surface area (Å²) in [4.78, 5) is 1.98. The molecule has 3 N–H and O–H groups in total. The van der Waals surface area contributed by atoms with Crippen molar-refractivity contribution in [3.05, 3.63) is 28.2 Å². The summed E-state index contributed by atoms with van der Waals surface area (Å²) in [6.45, 7) is 1.36. The molecule has 0 aromatic heterocycles. The topological polar surface area (TPSA) is 58.7 Å². The number of aliphatic hydroxyl groups excluding tert-OH is 1. The second kappa shape index (κ2) is 6.96. The number of ether oxygens (including phenoxy) is 1. The molecule has 4 nitrogen and oxygen atoms in total. The Hall–Kier alpha value is -0.620. The molecule has 1 aromatic carbocycles. The Morgan fingerprint density at radius 2 is 2.18 bits per heavy atom. The average Bonchev–Trinajstić information content (AvgIpc) is 2.28. The Bertz CT molecular complexity index is 360. The van der Waals surface area contributed by atoms with Gasteiger partial charge in [-0.25, -0.2) is 0 Å². The van der Waals surface area contributed by atoms with E-state index in [-0.39, 0.29) is 0 Å². The first kappa shape index (κ1) is 14.4. The number of aliphatic hydroxyl groups is 1. The van der Waals surface area contributed by atoms with Crippen LogP contribution in [0, 0.1) is 0 Å². The molecule has 0 bridgehead atoms. The first-order chi connectivity index (χ1) is 8.06. The lowest BCUT2D eigenvalue weighted by molar-refractivity contribution is 0.0695. The molecule has 1 atom stereocenters. The van der Waals surface area contributed by atoms with Crippen LogP contribution in [0.4, 0.5) is 5.69 Å². The lowest BCUT2D eigenvalue weighted by Crippen LogP contribution is -2.31. The number of halogens is 1. The summed E-state index contributed by atoms with van der Waals surface area (Å²) < 4.78 is 5.89. The highest BCUT2D eigenvalue weighted by Gasteiger charge is 2.09. The molecule has 1 rings (SSSR count). The third-order valence-electron chi connectivity index (χ3n) is 2.46. The molecule has 1 aromatic rings. The van der Waals surface area contributed by atoms with Gasteiger partial charge in [0.15, 0.2) is 0 Å². The summed E-state index contributed by atoms with van der Waals surface area (Å²) in [5.74, 6) is 0. The van der Waals surface area contributed by atoms with Gasteiger partial charge in [-0.15, -0.1) is 0 Å². The van der Waals surface area contributed by atoms with E-state index in [4.69, 9.17) is 10.5 Å². The van der Waals surface area contributed by atoms with Crippen LogP contribution in [0.25, 0.3) is 0 Å². The van der Waals surface area contributed by atoms with Crippen molar-refractivity contribution >= 4 is 21.6 Å². The summed E-state index contributed by atoms with van der Waals surface area (Å²) in [5.41, 5.74) is 7.71. The molecule has 0 aliphatic carbocycles. The van der Waals surface area contributed by atoms with Gasteiger partial charge < -0.3 is 20.5 Å². The number of hydrogen-bond donors (Lipinski definition) is 2. The summed E-state index contributed by atoms with van der Waals surface area (Å²) in [7, 11) is 3.51. The Labute approximate surface area is 110 Å². The number of anilines is 1. The highest BCUT2D eigenvalue weighted by molar-refractivity contribution is 9.10. The van der Waals surface area contributed by atoms with E-state index in [0.29, 0.717) is 19.7 Å². The van der Waals surface area contributed by atoms with Crippen molar-refractivity contribution in [1.29, 1.82) is 0 Å². The quantitative estimate of drug-likeness (QED) is 0.833. The minimum atomic E-state index is -0.495. The molecule has 17 heavy (non-hydrogen) atoms. The number of methoxy groups -OCH3 is 1. The molecule has 0 aliphatic heterocycles. The molecule has 0 aliphatic rings. The van der Waals surface area contributed by atoms with Gasteiger partial charge >= 0.3 is 0 Å². The predicted octanol–water partition coefficient (Wildman–Crippen LogP) is 1.35. The van der Waals surface area contributed by atoms with Crippen molar-refractivity contribution in [1.82, 2.24) is 0 Å². The van der Waals surface area contributed by atoms with Crippen molar-refractivity contribution in [3.63, 3.8) is 0 Å². The Morgan fingerprint density at radius 3 is 2.76 bits per heavy atom. The lowest BCUT2D eigenvalue weighted by atomic mass is 10.2. The molecular formula is C12H19BrN2O2. The number of nitrogens with zero attached hydrogens (tertiary/aromatic N) is 1. The SMILES string of the molecule is COCC(O)CN(C)c1cc(Br)cc(CN)c1. The van der Waals surface area contributed by atoms with Crippen molar-refractivity contribution < 1.29 is 9.84 Å². The molecule has 0 amide bonds. The standard InChI is InChI=1S/C12H19BrN2O2/c1-15(7-12(16)8-17-2)11-4-9(6-14)3-10(13)5-11/h3-5,12,16H,6-8,14H2,1-2H3. The lowest BCUT2D eigenvalue weighted by Gasteiger charge is -2.23. The number of nitrogens with two attached hydrogens (primary N) is 1. The molecule has 0 radical (unpaired) electrons. The maximum atomic E-state index is 9.67. The number of hydrogen-bond acceptors (Lipinski definition) is 4. The normalized spacial score (nSPS) is 12.5. The van der Waals surface area contributed by atoms with E-state index in [1.807, 2.05) is 30.1 Å². The van der Waals surface area contributed by atoms with Gasteiger partial charge in [0.05, 0.1) is 12.7 Å². The maximum absolute atomic E-state index is 9.67. The van der Waals surface area contributed by atoms with Gasteiger partial charge in [-0.3, -0.25) is 0 Å². The van der Waals surface area contributed by atoms with Gasteiger partial charge in [-0.2, -0.15) is 0 Å². The summed E-state index contributed by atoms with van der Waals surface area (Å²) in [6.07, 6.45) is -0.495. The minimum Gasteiger partial charge on any atom is -0.389 e. The van der Waals surface area contributed by atoms with E-state index in [2.05, 4.69) is 15.9 Å². The summed E-state index contributed by atoms with van der Waals surface area (Å²) in [5, 5.41) is 9.67. The molecule has 0 fully saturated rings. The van der Waals surface area contributed by atoms with Gasteiger partial charge in [0, 0.05) is 37.4 Å². The molecule has 0 spiro atoms. The minimum absolute atomic E-state index is 0.335. The predicted molar refractivity (Wildman–Crippen MR) is 73.2 cm³/mol. The van der Waals surface area contributed by atoms with Crippen LogP contribution in [-0.2, 0) is 11.3 Å². The van der Waals surface area contributed by atoms with E-state index in [1.54, 1.807) is 7.11 Å². The molecular weight excluding hydrogens is 284 g/mol. The van der Waals surface area contributed by atoms with Crippen molar-refractivity contribution in [2.24, 2.45) is 5.73 Å². The van der Waals surface area contributed by atoms with Crippen LogP contribution in [-0.4, -0.2) is 38.5 Å². The highest BCUT2D eigenvalue weighted by Crippen LogP contribution is 2.22. The summed E-state index contributed by atoms with van der Waals surface area (Å²) in [6, 6.07) is 6.01. The van der Waals surface area contributed by atoms with Crippen molar-refractivity contribution in [3.8, 4) is 0 Å². The third-order valence-corrected chi connectivity index (χ3v) is 2.92. The first-order valence-electron chi connectivity index (χ1n) is 5.44. The van der Waals surface area contributed by atoms with Crippen LogP contribution in [0.2, 0.25) is 0 Å². The van der Waals surface area contributed by atoms with Gasteiger partial charge in [0.2, 0.25) is 0 Å². The fraction of sp³-hybridized carbons (Fsp3) is 0.500. The molecule has 5 heteroatoms. The van der Waals surface area contributed by atoms with Crippen molar-refractivity contribution in [2.75, 3.05) is 32.2 Å². The van der Waals surface area contributed by atoms with E-state index in [9.17, 15) is 5.11 Å². The third kappa shape index (κ3) is 4.63. The Balaban J connectivity index is 2.74. The molecule has 0 heterocycles. The van der Waals surface area contributed by atoms with Crippen LogP contribution in [0.15, 0.2) is 22.7 Å². The first-order valence-corrected chi connectivity index (χ1v) is 6.23. The number of benzene rings is 1. The highest BCUT2D eigenvalue weighted by atomic mass is 79.9. The van der Waals surface area contributed by atoms with Crippen LogP contribution >= 0.6 is 15.9 Å². The fourth-order valence-electron chi connectivity index (χ4n) is 1.64. The fourth-order valence-corrected chi connectivity index (χ4v) is 2.17. The Morgan fingerprint density at radius 1 is 1.47 bits per heavy atom. The van der Waals surface area contributed by atoms with Crippen molar-refractivity contribution in [2.45, 2.75) is 12.6 Å². The van der Waals surface area contributed by atoms with E-state index >= 15 is 0 Å². The van der Waals surface area contributed by atoms with Gasteiger partial charge in [-0.1, -0.05) is 15.9 Å². The van der Waals surface area contributed by atoms with E-state index < -0.39 is 6.10 Å². The largest absolute Gasteiger partial charge is 0.389 e. The zero-order chi connectivity index (χ0) is 12.8. The van der Waals surface area contributed by atoms with Crippen LogP contribution in [0.3, 0.4) is 0 Å². The van der Waals surface area contributed by atoms with Crippen LogP contribution in [0.5, 0.6) is 0 Å². The zero-order valence-corrected chi connectivity index (χ0v) is 11.8. The second-order valence-corrected chi connectivity index (χ2v) is 4.93. The van der Waals surface area contributed by atoms with Gasteiger partial charge in [0.25, 0.3) is 0 Å². The summed E-state index contributed by atoms with van der Waals surface area (Å²) >= 11 is 3.45. The van der Waals surface area contributed by atoms with E-state index in [0.717, 1.165) is 15.7 Å². The van der Waals surface area contributed by atoms with Crippen LogP contribution < -0.4 is 10.6 Å². The smallest absolute Gasteiger partial charge is 0.0947 e. The molecule has 0 saturated heterocycles. The maximum Gasteiger partial charge on any atom is 0.0947 e. The molecule has 0 saturated carbocycles.